The lowest BCUT2D eigenvalue weighted by Crippen LogP contribution is -2.34. The van der Waals surface area contributed by atoms with Gasteiger partial charge in [0, 0.05) is 22.9 Å². The Morgan fingerprint density at radius 2 is 1.93 bits per heavy atom. The van der Waals surface area contributed by atoms with Crippen LogP contribution >= 0.6 is 11.6 Å². The molecule has 6 heteroatoms. The third kappa shape index (κ3) is 5.00. The van der Waals surface area contributed by atoms with Gasteiger partial charge in [-0.3, -0.25) is 9.79 Å². The number of esters is 1. The molecule has 0 amide bonds. The Bertz CT molecular complexity index is 995. The van der Waals surface area contributed by atoms with Crippen LogP contribution in [0, 0.1) is 5.92 Å². The minimum absolute atomic E-state index is 0.0633. The molecule has 1 N–H and O–H groups in total. The molecule has 1 aliphatic heterocycles. The lowest BCUT2D eigenvalue weighted by atomic mass is 9.77. The predicted octanol–water partition coefficient (Wildman–Crippen LogP) is 4.74. The number of halogens is 1. The summed E-state index contributed by atoms with van der Waals surface area (Å²) in [5, 5.41) is 10.2. The van der Waals surface area contributed by atoms with Crippen LogP contribution in [0.4, 0.5) is 0 Å². The predicted molar refractivity (Wildman–Crippen MR) is 113 cm³/mol. The normalized spacial score (nSPS) is 18.8. The van der Waals surface area contributed by atoms with E-state index in [1.165, 1.54) is 6.20 Å². The van der Waals surface area contributed by atoms with Gasteiger partial charge in [-0.05, 0) is 36.3 Å². The minimum Gasteiger partial charge on any atom is -0.481 e. The molecule has 0 aliphatic carbocycles. The third-order valence-corrected chi connectivity index (χ3v) is 4.89. The number of aliphatic imine (C=N–C) groups is 1. The summed E-state index contributed by atoms with van der Waals surface area (Å²) in [6.07, 6.45) is 4.97. The van der Waals surface area contributed by atoms with Crippen molar-refractivity contribution in [1.82, 2.24) is 0 Å². The van der Waals surface area contributed by atoms with Crippen molar-refractivity contribution < 1.29 is 19.4 Å². The second-order valence-corrected chi connectivity index (χ2v) is 7.05. The van der Waals surface area contributed by atoms with E-state index in [4.69, 9.17) is 16.3 Å². The van der Waals surface area contributed by atoms with Crippen molar-refractivity contribution in [1.29, 1.82) is 0 Å². The number of hydrogen-bond acceptors (Lipinski definition) is 4. The number of ether oxygens (including phenoxy) is 1. The van der Waals surface area contributed by atoms with Crippen LogP contribution in [0.5, 0.6) is 0 Å². The molecule has 0 saturated carbocycles. The van der Waals surface area contributed by atoms with Crippen molar-refractivity contribution in [2.45, 2.75) is 12.8 Å². The highest BCUT2D eigenvalue weighted by Gasteiger charge is 2.39. The average Bonchev–Trinajstić information content (AvgIpc) is 2.71. The largest absolute Gasteiger partial charge is 0.481 e. The third-order valence-electron chi connectivity index (χ3n) is 4.66. The van der Waals surface area contributed by atoms with Crippen LogP contribution in [-0.4, -0.2) is 29.4 Å². The fourth-order valence-corrected chi connectivity index (χ4v) is 3.48. The second-order valence-electron chi connectivity index (χ2n) is 6.62. The Hall–Kier alpha value is -3.18. The molecule has 0 spiro atoms. The molecule has 29 heavy (non-hydrogen) atoms. The molecule has 0 bridgehead atoms. The van der Waals surface area contributed by atoms with E-state index in [1.54, 1.807) is 37.3 Å². The zero-order valence-corrected chi connectivity index (χ0v) is 16.5. The maximum Gasteiger partial charge on any atom is 0.336 e. The Kier molecular flexibility index (Phi) is 6.62. The highest BCUT2D eigenvalue weighted by atomic mass is 35.5. The van der Waals surface area contributed by atoms with E-state index < -0.39 is 23.8 Å². The minimum atomic E-state index is -1.06. The van der Waals surface area contributed by atoms with Gasteiger partial charge in [-0.25, -0.2) is 4.79 Å². The van der Waals surface area contributed by atoms with Gasteiger partial charge in [0.15, 0.2) is 0 Å². The first-order valence-corrected chi connectivity index (χ1v) is 9.46. The summed E-state index contributed by atoms with van der Waals surface area (Å²) in [5.74, 6) is -3.36. The number of carboxylic acid groups (broad SMARTS) is 1. The van der Waals surface area contributed by atoms with E-state index in [-0.39, 0.29) is 12.2 Å². The number of carbonyl (C=O) groups excluding carboxylic acids is 1. The molecule has 0 aromatic heterocycles. The number of aliphatic carboxylic acids is 1. The van der Waals surface area contributed by atoms with Crippen LogP contribution < -0.4 is 0 Å². The van der Waals surface area contributed by atoms with E-state index in [1.807, 2.05) is 36.4 Å². The fourth-order valence-electron chi connectivity index (χ4n) is 3.28. The molecular weight excluding hydrogens is 390 g/mol. The maximum atomic E-state index is 12.7. The standard InChI is InChI=1S/C23H20ClNO4/c1-15-20(22(26)27)21(17-10-5-11-18(24)13-17)19(14-25-15)23(28)29-12-6-9-16-7-3-2-4-8-16/h2-11,13-14,20-21H,12H2,1H3,(H,26,27). The molecule has 0 radical (unpaired) electrons. The summed E-state index contributed by atoms with van der Waals surface area (Å²) in [6.45, 7) is 1.70. The van der Waals surface area contributed by atoms with Crippen molar-refractivity contribution in [3.05, 3.63) is 88.6 Å². The van der Waals surface area contributed by atoms with E-state index >= 15 is 0 Å². The molecule has 2 aromatic carbocycles. The monoisotopic (exact) mass is 409 g/mol. The Labute approximate surface area is 174 Å². The maximum absolute atomic E-state index is 12.7. The Balaban J connectivity index is 1.81. The molecule has 2 atom stereocenters. The van der Waals surface area contributed by atoms with Gasteiger partial charge in [0.25, 0.3) is 0 Å². The first-order chi connectivity index (χ1) is 14.0. The second kappa shape index (κ2) is 9.34. The summed E-state index contributed by atoms with van der Waals surface area (Å²) in [5.41, 5.74) is 2.23. The zero-order valence-electron chi connectivity index (χ0n) is 15.8. The van der Waals surface area contributed by atoms with Gasteiger partial charge in [0.05, 0.1) is 5.57 Å². The number of rotatable bonds is 6. The first-order valence-electron chi connectivity index (χ1n) is 9.08. The summed E-state index contributed by atoms with van der Waals surface area (Å²) < 4.78 is 5.36. The lowest BCUT2D eigenvalue weighted by Gasteiger charge is -2.28. The molecule has 1 aliphatic rings. The molecular formula is C23H20ClNO4. The van der Waals surface area contributed by atoms with Crippen LogP contribution in [0.15, 0.2) is 77.4 Å². The number of carboxylic acids is 1. The quantitative estimate of drug-likeness (QED) is 0.699. The van der Waals surface area contributed by atoms with Crippen molar-refractivity contribution in [2.24, 2.45) is 10.9 Å². The van der Waals surface area contributed by atoms with E-state index in [9.17, 15) is 14.7 Å². The van der Waals surface area contributed by atoms with E-state index in [0.717, 1.165) is 5.56 Å². The van der Waals surface area contributed by atoms with Crippen LogP contribution in [0.2, 0.25) is 5.02 Å². The van der Waals surface area contributed by atoms with E-state index in [2.05, 4.69) is 4.99 Å². The summed E-state index contributed by atoms with van der Waals surface area (Å²) >= 11 is 6.09. The molecule has 0 fully saturated rings. The topological polar surface area (TPSA) is 76.0 Å². The van der Waals surface area contributed by atoms with Gasteiger partial charge in [0.2, 0.25) is 0 Å². The Morgan fingerprint density at radius 3 is 2.62 bits per heavy atom. The SMILES string of the molecule is CC1=NC=C(C(=O)OCC=Cc2ccccc2)C(c2cccc(Cl)c2)C1C(=O)O. The van der Waals surface area contributed by atoms with Crippen molar-refractivity contribution >= 4 is 35.3 Å². The molecule has 2 aromatic rings. The van der Waals surface area contributed by atoms with Gasteiger partial charge in [-0.1, -0.05) is 60.1 Å². The van der Waals surface area contributed by atoms with E-state index in [0.29, 0.717) is 16.3 Å². The number of nitrogens with zero attached hydrogens (tertiary/aromatic N) is 1. The van der Waals surface area contributed by atoms with Crippen molar-refractivity contribution in [3.63, 3.8) is 0 Å². The fraction of sp³-hybridized carbons (Fsp3) is 0.174. The molecule has 5 nitrogen and oxygen atoms in total. The molecule has 2 unspecified atom stereocenters. The van der Waals surface area contributed by atoms with Crippen LogP contribution in [0.1, 0.15) is 24.0 Å². The summed E-state index contributed by atoms with van der Waals surface area (Å²) in [4.78, 5) is 28.8. The lowest BCUT2D eigenvalue weighted by molar-refractivity contribution is -0.140. The average molecular weight is 410 g/mol. The van der Waals surface area contributed by atoms with Crippen molar-refractivity contribution in [2.75, 3.05) is 6.61 Å². The zero-order chi connectivity index (χ0) is 20.8. The first kappa shape index (κ1) is 20.6. The highest BCUT2D eigenvalue weighted by molar-refractivity contribution is 6.30. The van der Waals surface area contributed by atoms with Crippen molar-refractivity contribution in [3.8, 4) is 0 Å². The smallest absolute Gasteiger partial charge is 0.336 e. The molecule has 3 rings (SSSR count). The van der Waals surface area contributed by atoms with Gasteiger partial charge in [-0.2, -0.15) is 0 Å². The molecule has 0 saturated heterocycles. The summed E-state index contributed by atoms with van der Waals surface area (Å²) in [6, 6.07) is 16.5. The van der Waals surface area contributed by atoms with Crippen LogP contribution in [0.3, 0.4) is 0 Å². The van der Waals surface area contributed by atoms with Gasteiger partial charge in [0.1, 0.15) is 12.5 Å². The summed E-state index contributed by atoms with van der Waals surface area (Å²) in [7, 11) is 0. The van der Waals surface area contributed by atoms with Gasteiger partial charge >= 0.3 is 11.9 Å². The molecule has 1 heterocycles. The van der Waals surface area contributed by atoms with Gasteiger partial charge < -0.3 is 9.84 Å². The number of carbonyl (C=O) groups is 2. The number of hydrogen-bond donors (Lipinski definition) is 1. The van der Waals surface area contributed by atoms with Crippen LogP contribution in [-0.2, 0) is 14.3 Å². The van der Waals surface area contributed by atoms with Crippen LogP contribution in [0.25, 0.3) is 6.08 Å². The highest BCUT2D eigenvalue weighted by Crippen LogP contribution is 2.37. The number of benzene rings is 2. The molecule has 148 valence electrons. The Morgan fingerprint density at radius 1 is 1.17 bits per heavy atom. The van der Waals surface area contributed by atoms with Gasteiger partial charge in [-0.15, -0.1) is 0 Å².